The largest absolute Gasteiger partial charge is 0.497 e. The molecule has 0 fully saturated rings. The maximum Gasteiger partial charge on any atom is 0.263 e. The fourth-order valence-corrected chi connectivity index (χ4v) is 3.68. The first-order valence-corrected chi connectivity index (χ1v) is 10.7. The van der Waals surface area contributed by atoms with Crippen LogP contribution in [-0.4, -0.2) is 63.4 Å². The number of aromatic nitrogens is 1. The van der Waals surface area contributed by atoms with E-state index in [1.165, 1.54) is 18.4 Å². The number of likely N-dealkylation sites (N-methyl/N-ethyl adjacent to an activating group) is 1. The number of benzene rings is 1. The van der Waals surface area contributed by atoms with Gasteiger partial charge >= 0.3 is 0 Å². The van der Waals surface area contributed by atoms with Crippen LogP contribution in [0.4, 0.5) is 0 Å². The number of ether oxygens (including phenoxy) is 2. The predicted molar refractivity (Wildman–Crippen MR) is 101 cm³/mol. The van der Waals surface area contributed by atoms with Crippen LogP contribution in [0.1, 0.15) is 6.92 Å². The molecular formula is C16H23N3O5S2. The molecule has 0 aliphatic rings. The number of carbonyl (C=O) groups excluding carboxylic acids is 1. The molecule has 0 aliphatic carbocycles. The van der Waals surface area contributed by atoms with Crippen molar-refractivity contribution in [2.75, 3.05) is 40.2 Å². The number of amides is 1. The Kier molecular flexibility index (Phi) is 6.93. The summed E-state index contributed by atoms with van der Waals surface area (Å²) in [4.78, 5) is 16.8. The van der Waals surface area contributed by atoms with Crippen LogP contribution >= 0.6 is 11.3 Å². The van der Waals surface area contributed by atoms with E-state index in [1.54, 1.807) is 7.11 Å². The van der Waals surface area contributed by atoms with Gasteiger partial charge in [-0.25, -0.2) is 8.42 Å². The van der Waals surface area contributed by atoms with Gasteiger partial charge in [0.1, 0.15) is 5.75 Å². The molecule has 26 heavy (non-hydrogen) atoms. The fourth-order valence-electron chi connectivity index (χ4n) is 2.23. The molecule has 1 heterocycles. The Labute approximate surface area is 156 Å². The first-order chi connectivity index (χ1) is 12.3. The lowest BCUT2D eigenvalue weighted by molar-refractivity contribution is -0.118. The van der Waals surface area contributed by atoms with Crippen molar-refractivity contribution in [1.82, 2.24) is 8.87 Å². The molecule has 0 bridgehead atoms. The van der Waals surface area contributed by atoms with Crippen LogP contribution in [0, 0.1) is 0 Å². The van der Waals surface area contributed by atoms with Crippen molar-refractivity contribution in [3.8, 4) is 5.75 Å². The maximum atomic E-state index is 12.2. The molecule has 1 aromatic carbocycles. The Morgan fingerprint density at radius 2 is 2.12 bits per heavy atom. The zero-order valence-corrected chi connectivity index (χ0v) is 16.9. The van der Waals surface area contributed by atoms with Crippen molar-refractivity contribution in [1.29, 1.82) is 0 Å². The summed E-state index contributed by atoms with van der Waals surface area (Å²) < 4.78 is 37.4. The summed E-state index contributed by atoms with van der Waals surface area (Å²) >= 11 is 1.35. The first kappa shape index (κ1) is 20.6. The molecule has 0 unspecified atom stereocenters. The lowest BCUT2D eigenvalue weighted by atomic mass is 10.3. The van der Waals surface area contributed by atoms with Gasteiger partial charge in [-0.1, -0.05) is 11.3 Å². The zero-order chi connectivity index (χ0) is 19.3. The van der Waals surface area contributed by atoms with Crippen molar-refractivity contribution < 1.29 is 22.7 Å². The standard InChI is InChI=1S/C16H23N3O5S2/c1-5-24-9-8-19-13-7-6-12(23-3)10-14(13)25-16(19)17-15(20)11-18(2)26(4,21)22/h6-7,10H,5,8-9,11H2,1-4H3. The Hall–Kier alpha value is -1.75. The van der Waals surface area contributed by atoms with E-state index in [2.05, 4.69) is 4.99 Å². The van der Waals surface area contributed by atoms with E-state index in [9.17, 15) is 13.2 Å². The maximum absolute atomic E-state index is 12.2. The highest BCUT2D eigenvalue weighted by molar-refractivity contribution is 7.88. The number of methoxy groups -OCH3 is 1. The van der Waals surface area contributed by atoms with E-state index in [0.29, 0.717) is 30.3 Å². The van der Waals surface area contributed by atoms with E-state index in [-0.39, 0.29) is 6.54 Å². The smallest absolute Gasteiger partial charge is 0.263 e. The van der Waals surface area contributed by atoms with Gasteiger partial charge in [0.05, 0.1) is 36.7 Å². The number of nitrogens with zero attached hydrogens (tertiary/aromatic N) is 3. The van der Waals surface area contributed by atoms with E-state index < -0.39 is 15.9 Å². The summed E-state index contributed by atoms with van der Waals surface area (Å²) in [6, 6.07) is 5.63. The van der Waals surface area contributed by atoms with Gasteiger partial charge in [-0.05, 0) is 25.1 Å². The van der Waals surface area contributed by atoms with Crippen LogP contribution in [-0.2, 0) is 26.1 Å². The highest BCUT2D eigenvalue weighted by Gasteiger charge is 2.15. The number of fused-ring (bicyclic) bond motifs is 1. The number of sulfonamides is 1. The summed E-state index contributed by atoms with van der Waals surface area (Å²) in [5.74, 6) is 0.187. The molecule has 1 aromatic heterocycles. The predicted octanol–water partition coefficient (Wildman–Crippen LogP) is 1.07. The van der Waals surface area contributed by atoms with Crippen molar-refractivity contribution in [2.45, 2.75) is 13.5 Å². The second kappa shape index (κ2) is 8.76. The highest BCUT2D eigenvalue weighted by atomic mass is 32.2. The van der Waals surface area contributed by atoms with Crippen molar-refractivity contribution in [3.63, 3.8) is 0 Å². The lowest BCUT2D eigenvalue weighted by Gasteiger charge is -2.10. The SMILES string of the molecule is CCOCCn1c(=NC(=O)CN(C)S(C)(=O)=O)sc2cc(OC)ccc21. The molecule has 0 saturated carbocycles. The van der Waals surface area contributed by atoms with Crippen LogP contribution in [0.2, 0.25) is 0 Å². The summed E-state index contributed by atoms with van der Waals surface area (Å²) in [5, 5.41) is 0. The van der Waals surface area contributed by atoms with Crippen LogP contribution < -0.4 is 9.54 Å². The molecule has 0 spiro atoms. The van der Waals surface area contributed by atoms with Gasteiger partial charge in [0.25, 0.3) is 5.91 Å². The molecule has 0 aliphatic heterocycles. The van der Waals surface area contributed by atoms with Crippen molar-refractivity contribution in [2.24, 2.45) is 4.99 Å². The van der Waals surface area contributed by atoms with E-state index in [0.717, 1.165) is 20.8 Å². The van der Waals surface area contributed by atoms with Crippen LogP contribution in [0.3, 0.4) is 0 Å². The molecular weight excluding hydrogens is 378 g/mol. The number of hydrogen-bond donors (Lipinski definition) is 0. The Morgan fingerprint density at radius 3 is 2.73 bits per heavy atom. The fraction of sp³-hybridized carbons (Fsp3) is 0.500. The third-order valence-corrected chi connectivity index (χ3v) is 6.00. The highest BCUT2D eigenvalue weighted by Crippen LogP contribution is 2.23. The lowest BCUT2D eigenvalue weighted by Crippen LogP contribution is -2.31. The minimum absolute atomic E-state index is 0.304. The monoisotopic (exact) mass is 401 g/mol. The third-order valence-electron chi connectivity index (χ3n) is 3.70. The molecule has 2 aromatic rings. The third kappa shape index (κ3) is 5.13. The topological polar surface area (TPSA) is 90.2 Å². The van der Waals surface area contributed by atoms with Crippen molar-refractivity contribution in [3.05, 3.63) is 23.0 Å². The number of thiazole rings is 1. The average Bonchev–Trinajstić information content (AvgIpc) is 2.90. The van der Waals surface area contributed by atoms with Gasteiger partial charge in [-0.3, -0.25) is 4.79 Å². The van der Waals surface area contributed by atoms with Crippen LogP contribution in [0.5, 0.6) is 5.75 Å². The van der Waals surface area contributed by atoms with Crippen LogP contribution in [0.25, 0.3) is 10.2 Å². The Bertz CT molecular complexity index is 946. The molecule has 10 heteroatoms. The summed E-state index contributed by atoms with van der Waals surface area (Å²) in [6.07, 6.45) is 1.05. The molecule has 0 saturated heterocycles. The summed E-state index contributed by atoms with van der Waals surface area (Å²) in [7, 11) is -0.499. The molecule has 2 rings (SSSR count). The first-order valence-electron chi connectivity index (χ1n) is 8.00. The van der Waals surface area contributed by atoms with Gasteiger partial charge in [-0.2, -0.15) is 9.30 Å². The van der Waals surface area contributed by atoms with E-state index in [4.69, 9.17) is 9.47 Å². The minimum atomic E-state index is -3.44. The average molecular weight is 402 g/mol. The van der Waals surface area contributed by atoms with Gasteiger partial charge in [0, 0.05) is 20.2 Å². The van der Waals surface area contributed by atoms with Gasteiger partial charge in [0.15, 0.2) is 4.80 Å². The minimum Gasteiger partial charge on any atom is -0.497 e. The molecule has 0 atom stereocenters. The van der Waals surface area contributed by atoms with Gasteiger partial charge in [0.2, 0.25) is 10.0 Å². The quantitative estimate of drug-likeness (QED) is 0.617. The number of carbonyl (C=O) groups is 1. The van der Waals surface area contributed by atoms with Crippen LogP contribution in [0.15, 0.2) is 23.2 Å². The molecule has 144 valence electrons. The molecule has 0 N–H and O–H groups in total. The molecule has 1 amide bonds. The second-order valence-electron chi connectivity index (χ2n) is 5.59. The van der Waals surface area contributed by atoms with Gasteiger partial charge < -0.3 is 14.0 Å². The van der Waals surface area contributed by atoms with Gasteiger partial charge in [-0.15, -0.1) is 0 Å². The zero-order valence-electron chi connectivity index (χ0n) is 15.3. The van der Waals surface area contributed by atoms with E-state index >= 15 is 0 Å². The van der Waals surface area contributed by atoms with Crippen molar-refractivity contribution >= 4 is 37.5 Å². The number of rotatable bonds is 8. The normalized spacial score (nSPS) is 12.9. The Morgan fingerprint density at radius 1 is 1.38 bits per heavy atom. The second-order valence-corrected chi connectivity index (χ2v) is 8.69. The molecule has 0 radical (unpaired) electrons. The summed E-state index contributed by atoms with van der Waals surface area (Å²) in [5.41, 5.74) is 0.915. The Balaban J connectivity index is 2.42. The van der Waals surface area contributed by atoms with E-state index in [1.807, 2.05) is 29.7 Å². The number of hydrogen-bond acceptors (Lipinski definition) is 6. The summed E-state index contributed by atoms with van der Waals surface area (Å²) in [6.45, 7) is 3.23. The molecule has 8 nitrogen and oxygen atoms in total.